The summed E-state index contributed by atoms with van der Waals surface area (Å²) in [6.07, 6.45) is 0.847. The van der Waals surface area contributed by atoms with Crippen LogP contribution in [0, 0.1) is 5.41 Å². The van der Waals surface area contributed by atoms with E-state index in [1.165, 1.54) is 4.90 Å². The molecule has 1 aliphatic heterocycles. The highest BCUT2D eigenvalue weighted by molar-refractivity contribution is 5.66. The molecule has 0 bridgehead atoms. The van der Waals surface area contributed by atoms with Gasteiger partial charge in [0.1, 0.15) is 0 Å². The minimum atomic E-state index is -0.849. The van der Waals surface area contributed by atoms with Crippen LogP contribution in [-0.2, 0) is 0 Å². The van der Waals surface area contributed by atoms with Gasteiger partial charge >= 0.3 is 6.09 Å². The van der Waals surface area contributed by atoms with Crippen LogP contribution in [-0.4, -0.2) is 35.2 Å². The average Bonchev–Trinajstić information content (AvgIpc) is 1.90. The molecular weight excluding hydrogens is 172 g/mol. The van der Waals surface area contributed by atoms with Crippen molar-refractivity contribution in [1.82, 2.24) is 4.90 Å². The third-order valence-corrected chi connectivity index (χ3v) is 2.88. The predicted molar refractivity (Wildman–Crippen MR) is 44.2 cm³/mol. The number of rotatable bonds is 1. The predicted octanol–water partition coefficient (Wildman–Crippen LogP) is 1.44. The van der Waals surface area contributed by atoms with Crippen LogP contribution in [0.15, 0.2) is 5.11 Å². The number of carboxylic acid groups (broad SMARTS) is 1. The number of nitrogens with zero attached hydrogens (tertiary/aromatic N) is 4. The Balaban J connectivity index is 1.82. The van der Waals surface area contributed by atoms with E-state index in [0.717, 1.165) is 12.8 Å². The Kier molecular flexibility index (Phi) is 1.60. The molecule has 0 aromatic carbocycles. The van der Waals surface area contributed by atoms with E-state index in [2.05, 4.69) is 10.0 Å². The summed E-state index contributed by atoms with van der Waals surface area (Å²) in [4.78, 5) is 14.6. The third-order valence-electron chi connectivity index (χ3n) is 2.88. The van der Waals surface area contributed by atoms with Crippen molar-refractivity contribution in [2.75, 3.05) is 13.1 Å². The third kappa shape index (κ3) is 1.19. The Labute approximate surface area is 74.8 Å². The van der Waals surface area contributed by atoms with Crippen LogP contribution in [0.1, 0.15) is 12.8 Å². The molecular formula is C7H10N4O2. The van der Waals surface area contributed by atoms with Gasteiger partial charge in [-0.15, -0.1) is 0 Å². The fourth-order valence-electron chi connectivity index (χ4n) is 2.25. The minimum Gasteiger partial charge on any atom is -0.465 e. The lowest BCUT2D eigenvalue weighted by atomic mass is 9.61. The zero-order chi connectivity index (χ0) is 9.47. The maximum atomic E-state index is 10.5. The maximum Gasteiger partial charge on any atom is 0.407 e. The molecule has 0 unspecified atom stereocenters. The second kappa shape index (κ2) is 2.53. The van der Waals surface area contributed by atoms with Gasteiger partial charge in [-0.1, -0.05) is 5.11 Å². The first-order valence-electron chi connectivity index (χ1n) is 4.17. The Morgan fingerprint density at radius 3 is 2.69 bits per heavy atom. The van der Waals surface area contributed by atoms with Crippen molar-refractivity contribution in [2.24, 2.45) is 10.5 Å². The lowest BCUT2D eigenvalue weighted by molar-refractivity contribution is -0.0560. The monoisotopic (exact) mass is 182 g/mol. The van der Waals surface area contributed by atoms with Gasteiger partial charge in [-0.25, -0.2) is 4.79 Å². The Morgan fingerprint density at radius 1 is 1.62 bits per heavy atom. The van der Waals surface area contributed by atoms with Crippen LogP contribution in [0.4, 0.5) is 4.79 Å². The van der Waals surface area contributed by atoms with Gasteiger partial charge in [0.15, 0.2) is 0 Å². The maximum absolute atomic E-state index is 10.5. The normalized spacial score (nSPS) is 24.5. The van der Waals surface area contributed by atoms with Crippen molar-refractivity contribution in [3.8, 4) is 0 Å². The zero-order valence-corrected chi connectivity index (χ0v) is 7.05. The molecule has 1 spiro atoms. The number of carbonyl (C=O) groups is 1. The van der Waals surface area contributed by atoms with Crippen LogP contribution in [0.3, 0.4) is 0 Å². The van der Waals surface area contributed by atoms with Crippen LogP contribution in [0.25, 0.3) is 10.4 Å². The smallest absolute Gasteiger partial charge is 0.407 e. The first-order chi connectivity index (χ1) is 6.15. The minimum absolute atomic E-state index is 0.0981. The lowest BCUT2D eigenvalue weighted by Gasteiger charge is -2.57. The Bertz CT molecular complexity index is 265. The number of hydrogen-bond donors (Lipinski definition) is 1. The quantitative estimate of drug-likeness (QED) is 0.377. The molecule has 0 aromatic heterocycles. The van der Waals surface area contributed by atoms with Gasteiger partial charge in [0.2, 0.25) is 0 Å². The van der Waals surface area contributed by atoms with Gasteiger partial charge in [-0.05, 0) is 18.4 Å². The van der Waals surface area contributed by atoms with E-state index in [1.54, 1.807) is 0 Å². The van der Waals surface area contributed by atoms with Crippen molar-refractivity contribution >= 4 is 6.09 Å². The number of hydrogen-bond acceptors (Lipinski definition) is 2. The van der Waals surface area contributed by atoms with Crippen LogP contribution in [0.2, 0.25) is 0 Å². The molecule has 2 rings (SSSR count). The molecule has 1 heterocycles. The summed E-state index contributed by atoms with van der Waals surface area (Å²) in [6, 6.07) is 0.0981. The summed E-state index contributed by atoms with van der Waals surface area (Å²) in [7, 11) is 0. The average molecular weight is 182 g/mol. The lowest BCUT2D eigenvalue weighted by Crippen LogP contribution is -2.64. The highest BCUT2D eigenvalue weighted by Crippen LogP contribution is 2.49. The summed E-state index contributed by atoms with van der Waals surface area (Å²) >= 11 is 0. The topological polar surface area (TPSA) is 89.3 Å². The fourth-order valence-corrected chi connectivity index (χ4v) is 2.25. The molecule has 70 valence electrons. The van der Waals surface area contributed by atoms with Crippen molar-refractivity contribution in [2.45, 2.75) is 18.9 Å². The standard InChI is InChI=1S/C7H10N4O2/c8-10-9-5-1-7(2-5)3-11(4-7)6(12)13/h5H,1-4H2,(H,12,13). The first-order valence-corrected chi connectivity index (χ1v) is 4.17. The van der Waals surface area contributed by atoms with E-state index < -0.39 is 6.09 Å². The van der Waals surface area contributed by atoms with E-state index in [4.69, 9.17) is 10.6 Å². The summed E-state index contributed by atoms with van der Waals surface area (Å²) < 4.78 is 0. The van der Waals surface area contributed by atoms with E-state index >= 15 is 0 Å². The first kappa shape index (κ1) is 8.19. The molecule has 2 fully saturated rings. The highest BCUT2D eigenvalue weighted by Gasteiger charge is 2.53. The summed E-state index contributed by atoms with van der Waals surface area (Å²) in [5.41, 5.74) is 8.31. The fraction of sp³-hybridized carbons (Fsp3) is 0.857. The zero-order valence-electron chi connectivity index (χ0n) is 7.05. The van der Waals surface area contributed by atoms with Crippen molar-refractivity contribution in [1.29, 1.82) is 0 Å². The molecule has 1 saturated carbocycles. The molecule has 1 saturated heterocycles. The molecule has 1 amide bonds. The van der Waals surface area contributed by atoms with E-state index in [-0.39, 0.29) is 11.5 Å². The van der Waals surface area contributed by atoms with Gasteiger partial charge in [-0.2, -0.15) is 0 Å². The SMILES string of the molecule is [N-]=[N+]=NC1CC2(C1)CN(C(=O)O)C2. The van der Waals surface area contributed by atoms with Gasteiger partial charge in [-0.3, -0.25) is 0 Å². The van der Waals surface area contributed by atoms with Gasteiger partial charge < -0.3 is 10.0 Å². The van der Waals surface area contributed by atoms with Gasteiger partial charge in [0.05, 0.1) is 0 Å². The molecule has 1 aliphatic carbocycles. The summed E-state index contributed by atoms with van der Waals surface area (Å²) in [5, 5.41) is 12.2. The van der Waals surface area contributed by atoms with E-state index in [0.29, 0.717) is 13.1 Å². The molecule has 6 nitrogen and oxygen atoms in total. The number of likely N-dealkylation sites (tertiary alicyclic amines) is 1. The Hall–Kier alpha value is -1.42. The van der Waals surface area contributed by atoms with Crippen LogP contribution >= 0.6 is 0 Å². The molecule has 1 N–H and O–H groups in total. The van der Waals surface area contributed by atoms with Crippen LogP contribution in [0.5, 0.6) is 0 Å². The molecule has 2 aliphatic rings. The van der Waals surface area contributed by atoms with Gasteiger partial charge in [0.25, 0.3) is 0 Å². The van der Waals surface area contributed by atoms with Crippen LogP contribution < -0.4 is 0 Å². The van der Waals surface area contributed by atoms with Gasteiger partial charge in [0, 0.05) is 29.5 Å². The summed E-state index contributed by atoms with van der Waals surface area (Å²) in [6.45, 7) is 1.22. The van der Waals surface area contributed by atoms with Crippen molar-refractivity contribution in [3.63, 3.8) is 0 Å². The Morgan fingerprint density at radius 2 is 2.23 bits per heavy atom. The second-order valence-corrected chi connectivity index (χ2v) is 3.91. The molecule has 0 atom stereocenters. The molecule has 0 aromatic rings. The largest absolute Gasteiger partial charge is 0.465 e. The molecule has 6 heteroatoms. The number of azide groups is 1. The summed E-state index contributed by atoms with van der Waals surface area (Å²) in [5.74, 6) is 0. The van der Waals surface area contributed by atoms with Crippen molar-refractivity contribution < 1.29 is 9.90 Å². The molecule has 0 radical (unpaired) electrons. The molecule has 13 heavy (non-hydrogen) atoms. The van der Waals surface area contributed by atoms with E-state index in [1.807, 2.05) is 0 Å². The highest BCUT2D eigenvalue weighted by atomic mass is 16.4. The van der Waals surface area contributed by atoms with Crippen molar-refractivity contribution in [3.05, 3.63) is 10.4 Å². The number of amides is 1. The van der Waals surface area contributed by atoms with E-state index in [9.17, 15) is 4.79 Å². The second-order valence-electron chi connectivity index (χ2n) is 3.91.